The Kier molecular flexibility index (Phi) is 1.84. The number of amides is 1. The van der Waals surface area contributed by atoms with Crippen LogP contribution in [0, 0.1) is 23.2 Å². The molecule has 3 nitrogen and oxygen atoms in total. The number of likely N-dealkylation sites (tertiary alicyclic amines) is 1. The van der Waals surface area contributed by atoms with Gasteiger partial charge in [-0.2, -0.15) is 5.26 Å². The van der Waals surface area contributed by atoms with E-state index < -0.39 is 0 Å². The highest BCUT2D eigenvalue weighted by molar-refractivity contribution is 9.09. The van der Waals surface area contributed by atoms with Crippen LogP contribution in [-0.2, 0) is 4.79 Å². The molecular formula is C8H9BrN2O. The van der Waals surface area contributed by atoms with Crippen LogP contribution in [0.4, 0.5) is 0 Å². The third kappa shape index (κ3) is 1.04. The minimum absolute atomic E-state index is 0.0498. The van der Waals surface area contributed by atoms with Gasteiger partial charge in [-0.05, 0) is 18.3 Å². The van der Waals surface area contributed by atoms with Crippen molar-refractivity contribution in [1.82, 2.24) is 4.90 Å². The number of alkyl halides is 1. The Morgan fingerprint density at radius 2 is 2.50 bits per heavy atom. The summed E-state index contributed by atoms with van der Waals surface area (Å²) in [5.74, 6) is 1.16. The molecule has 3 atom stereocenters. The fourth-order valence-electron chi connectivity index (χ4n) is 1.96. The number of halogens is 1. The smallest absolute Gasteiger partial charge is 0.234 e. The second-order valence-electron chi connectivity index (χ2n) is 3.41. The molecule has 0 spiro atoms. The molecule has 0 aromatic heterocycles. The van der Waals surface area contributed by atoms with Gasteiger partial charge in [-0.15, -0.1) is 0 Å². The summed E-state index contributed by atoms with van der Waals surface area (Å²) in [6, 6.07) is 2.07. The Morgan fingerprint density at radius 1 is 1.75 bits per heavy atom. The highest BCUT2D eigenvalue weighted by atomic mass is 79.9. The maximum atomic E-state index is 11.3. The van der Waals surface area contributed by atoms with Gasteiger partial charge in [0.1, 0.15) is 6.04 Å². The predicted molar refractivity (Wildman–Crippen MR) is 46.5 cm³/mol. The number of nitriles is 1. The van der Waals surface area contributed by atoms with E-state index in [0.29, 0.717) is 17.2 Å². The van der Waals surface area contributed by atoms with Crippen molar-refractivity contribution in [1.29, 1.82) is 5.26 Å². The Morgan fingerprint density at radius 3 is 3.08 bits per heavy atom. The second kappa shape index (κ2) is 2.74. The molecule has 1 saturated heterocycles. The summed E-state index contributed by atoms with van der Waals surface area (Å²) < 4.78 is 0. The monoisotopic (exact) mass is 228 g/mol. The van der Waals surface area contributed by atoms with Crippen molar-refractivity contribution in [2.45, 2.75) is 12.5 Å². The van der Waals surface area contributed by atoms with Crippen molar-refractivity contribution in [2.75, 3.05) is 11.9 Å². The first-order valence-electron chi connectivity index (χ1n) is 4.03. The van der Waals surface area contributed by atoms with Crippen LogP contribution in [0.15, 0.2) is 0 Å². The van der Waals surface area contributed by atoms with E-state index in [4.69, 9.17) is 5.26 Å². The van der Waals surface area contributed by atoms with Crippen LogP contribution in [0.2, 0.25) is 0 Å². The Labute approximate surface area is 79.5 Å². The average molecular weight is 229 g/mol. The Balaban J connectivity index is 2.09. The fourth-order valence-corrected chi connectivity index (χ4v) is 2.29. The number of carbonyl (C=O) groups is 1. The van der Waals surface area contributed by atoms with E-state index in [1.54, 1.807) is 4.90 Å². The lowest BCUT2D eigenvalue weighted by Crippen LogP contribution is -2.38. The highest BCUT2D eigenvalue weighted by Crippen LogP contribution is 2.49. The molecule has 1 aliphatic carbocycles. The highest BCUT2D eigenvalue weighted by Gasteiger charge is 2.53. The second-order valence-corrected chi connectivity index (χ2v) is 3.97. The van der Waals surface area contributed by atoms with Gasteiger partial charge in [0.25, 0.3) is 0 Å². The number of fused-ring (bicyclic) bond motifs is 1. The Hall–Kier alpha value is -0.560. The minimum Gasteiger partial charge on any atom is -0.325 e. The topological polar surface area (TPSA) is 44.1 Å². The first-order chi connectivity index (χ1) is 5.77. The van der Waals surface area contributed by atoms with Gasteiger partial charge in [-0.25, -0.2) is 0 Å². The molecule has 1 saturated carbocycles. The van der Waals surface area contributed by atoms with Crippen molar-refractivity contribution in [3.05, 3.63) is 0 Å². The molecule has 0 unspecified atom stereocenters. The summed E-state index contributed by atoms with van der Waals surface area (Å²) in [5, 5.41) is 9.16. The van der Waals surface area contributed by atoms with E-state index in [-0.39, 0.29) is 11.9 Å². The van der Waals surface area contributed by atoms with Gasteiger partial charge in [-0.1, -0.05) is 15.9 Å². The zero-order chi connectivity index (χ0) is 8.72. The van der Waals surface area contributed by atoms with E-state index in [9.17, 15) is 4.79 Å². The number of nitrogens with zero attached hydrogens (tertiary/aromatic N) is 2. The van der Waals surface area contributed by atoms with Crippen LogP contribution in [-0.4, -0.2) is 28.7 Å². The quantitative estimate of drug-likeness (QED) is 0.623. The summed E-state index contributed by atoms with van der Waals surface area (Å²) in [6.07, 6.45) is 1.14. The number of hydrogen-bond donors (Lipinski definition) is 0. The number of rotatable bonds is 1. The summed E-state index contributed by atoms with van der Waals surface area (Å²) in [5.41, 5.74) is 0. The van der Waals surface area contributed by atoms with Crippen molar-refractivity contribution in [2.24, 2.45) is 11.8 Å². The maximum Gasteiger partial charge on any atom is 0.234 e. The van der Waals surface area contributed by atoms with E-state index in [2.05, 4.69) is 22.0 Å². The molecule has 1 heterocycles. The van der Waals surface area contributed by atoms with Crippen molar-refractivity contribution in [3.63, 3.8) is 0 Å². The van der Waals surface area contributed by atoms with E-state index in [0.717, 1.165) is 13.0 Å². The van der Waals surface area contributed by atoms with Gasteiger partial charge >= 0.3 is 0 Å². The molecule has 1 amide bonds. The van der Waals surface area contributed by atoms with Crippen LogP contribution in [0.5, 0.6) is 0 Å². The molecule has 0 aromatic rings. The molecule has 0 bridgehead atoms. The van der Waals surface area contributed by atoms with Gasteiger partial charge in [0.2, 0.25) is 5.91 Å². The largest absolute Gasteiger partial charge is 0.325 e. The van der Waals surface area contributed by atoms with Crippen LogP contribution >= 0.6 is 15.9 Å². The predicted octanol–water partition coefficient (Wildman–Crippen LogP) is 0.752. The maximum absolute atomic E-state index is 11.3. The standard InChI is InChI=1S/C8H9BrN2O/c9-2-8(12)11-4-5-1-6(5)7(11)3-10/h5-7H,1-2,4H2/t5-,6-,7-/m1/s1. The van der Waals surface area contributed by atoms with Crippen LogP contribution < -0.4 is 0 Å². The number of hydrogen-bond acceptors (Lipinski definition) is 2. The lowest BCUT2D eigenvalue weighted by atomic mass is 10.2. The number of carbonyl (C=O) groups excluding carboxylic acids is 1. The van der Waals surface area contributed by atoms with Gasteiger partial charge in [0.05, 0.1) is 11.4 Å². The molecule has 2 fully saturated rings. The molecule has 1 aliphatic heterocycles. The van der Waals surface area contributed by atoms with E-state index in [1.165, 1.54) is 0 Å². The van der Waals surface area contributed by atoms with Crippen LogP contribution in [0.1, 0.15) is 6.42 Å². The van der Waals surface area contributed by atoms with Gasteiger partial charge in [-0.3, -0.25) is 4.79 Å². The zero-order valence-electron chi connectivity index (χ0n) is 6.53. The first kappa shape index (κ1) is 8.06. The van der Waals surface area contributed by atoms with Gasteiger partial charge in [0.15, 0.2) is 0 Å². The molecule has 2 rings (SSSR count). The molecule has 64 valence electrons. The summed E-state index contributed by atoms with van der Waals surface area (Å²) in [6.45, 7) is 0.799. The van der Waals surface area contributed by atoms with E-state index in [1.807, 2.05) is 0 Å². The lowest BCUT2D eigenvalue weighted by Gasteiger charge is -2.21. The molecule has 0 N–H and O–H groups in total. The van der Waals surface area contributed by atoms with Crippen LogP contribution in [0.3, 0.4) is 0 Å². The van der Waals surface area contributed by atoms with Crippen LogP contribution in [0.25, 0.3) is 0 Å². The SMILES string of the molecule is N#C[C@@H]1[C@@H]2C[C@@H]2CN1C(=O)CBr. The van der Waals surface area contributed by atoms with Gasteiger partial charge < -0.3 is 4.90 Å². The molecule has 2 aliphatic rings. The summed E-state index contributed by atoms with van der Waals surface area (Å²) in [4.78, 5) is 13.0. The molecule has 4 heteroatoms. The minimum atomic E-state index is -0.139. The summed E-state index contributed by atoms with van der Waals surface area (Å²) >= 11 is 3.12. The third-order valence-corrected chi connectivity index (χ3v) is 3.20. The molecular weight excluding hydrogens is 220 g/mol. The van der Waals surface area contributed by atoms with Crippen molar-refractivity contribution in [3.8, 4) is 6.07 Å². The molecule has 12 heavy (non-hydrogen) atoms. The van der Waals surface area contributed by atoms with Crippen molar-refractivity contribution >= 4 is 21.8 Å². The Bertz CT molecular complexity index is 260. The molecule has 0 radical (unpaired) electrons. The van der Waals surface area contributed by atoms with Gasteiger partial charge in [0, 0.05) is 6.54 Å². The normalized spacial score (nSPS) is 37.3. The zero-order valence-corrected chi connectivity index (χ0v) is 8.12. The summed E-state index contributed by atoms with van der Waals surface area (Å²) in [7, 11) is 0. The number of piperidine rings is 1. The first-order valence-corrected chi connectivity index (χ1v) is 5.15. The van der Waals surface area contributed by atoms with Crippen molar-refractivity contribution < 1.29 is 4.79 Å². The fraction of sp³-hybridized carbons (Fsp3) is 0.750. The lowest BCUT2D eigenvalue weighted by molar-refractivity contribution is -0.128. The van der Waals surface area contributed by atoms with E-state index >= 15 is 0 Å². The third-order valence-electron chi connectivity index (χ3n) is 2.72. The average Bonchev–Trinajstić information content (AvgIpc) is 2.77. The molecule has 0 aromatic carbocycles.